The maximum atomic E-state index is 12.4. The van der Waals surface area contributed by atoms with Crippen molar-refractivity contribution in [3.63, 3.8) is 0 Å². The van der Waals surface area contributed by atoms with Crippen molar-refractivity contribution in [2.75, 3.05) is 32.7 Å². The molecule has 2 N–H and O–H groups in total. The Labute approximate surface area is 126 Å². The van der Waals surface area contributed by atoms with Crippen LogP contribution in [0.15, 0.2) is 0 Å². The summed E-state index contributed by atoms with van der Waals surface area (Å²) >= 11 is 0. The van der Waals surface area contributed by atoms with E-state index in [9.17, 15) is 13.6 Å². The molecule has 20 heavy (non-hydrogen) atoms. The molecule has 1 fully saturated rings. The Kier molecular flexibility index (Phi) is 8.54. The van der Waals surface area contributed by atoms with Crippen LogP contribution in [-0.2, 0) is 4.79 Å². The van der Waals surface area contributed by atoms with E-state index in [-0.39, 0.29) is 24.9 Å². The highest BCUT2D eigenvalue weighted by Gasteiger charge is 2.32. The molecule has 0 aromatic rings. The predicted molar refractivity (Wildman–Crippen MR) is 78.4 cm³/mol. The molecule has 1 aliphatic heterocycles. The summed E-state index contributed by atoms with van der Waals surface area (Å²) in [5.41, 5.74) is 5.20. The van der Waals surface area contributed by atoms with Crippen molar-refractivity contribution in [1.82, 2.24) is 9.80 Å². The average molecular weight is 314 g/mol. The van der Waals surface area contributed by atoms with Crippen molar-refractivity contribution in [1.29, 1.82) is 0 Å². The zero-order valence-electron chi connectivity index (χ0n) is 12.3. The van der Waals surface area contributed by atoms with Crippen LogP contribution in [0.3, 0.4) is 0 Å². The molecule has 0 aromatic carbocycles. The predicted octanol–water partition coefficient (Wildman–Crippen LogP) is 1.73. The second-order valence-corrected chi connectivity index (χ2v) is 5.50. The van der Waals surface area contributed by atoms with Crippen LogP contribution >= 0.6 is 12.4 Å². The van der Waals surface area contributed by atoms with E-state index in [1.165, 1.54) is 0 Å². The molecule has 0 aromatic heterocycles. The Morgan fingerprint density at radius 1 is 1.30 bits per heavy atom. The fourth-order valence-corrected chi connectivity index (χ4v) is 2.54. The average Bonchev–Trinajstić information content (AvgIpc) is 2.53. The molecule has 0 radical (unpaired) electrons. The van der Waals surface area contributed by atoms with Crippen LogP contribution in [0.25, 0.3) is 0 Å². The number of nitrogens with zero attached hydrogens (tertiary/aromatic N) is 2. The summed E-state index contributed by atoms with van der Waals surface area (Å²) in [4.78, 5) is 15.8. The molecule has 1 atom stereocenters. The highest BCUT2D eigenvalue weighted by atomic mass is 35.5. The topological polar surface area (TPSA) is 49.6 Å². The van der Waals surface area contributed by atoms with Crippen molar-refractivity contribution in [3.8, 4) is 0 Å². The Morgan fingerprint density at radius 3 is 2.50 bits per heavy atom. The molecular weight excluding hydrogens is 288 g/mol. The Balaban J connectivity index is 0.00000361. The first kappa shape index (κ1) is 19.5. The van der Waals surface area contributed by atoms with Gasteiger partial charge in [-0.1, -0.05) is 13.3 Å². The van der Waals surface area contributed by atoms with E-state index >= 15 is 0 Å². The maximum Gasteiger partial charge on any atom is 0.251 e. The molecule has 120 valence electrons. The molecule has 1 unspecified atom stereocenters. The molecular formula is C13H26ClF2N3O. The summed E-state index contributed by atoms with van der Waals surface area (Å²) in [6.45, 7) is 5.74. The molecule has 1 saturated heterocycles. The van der Waals surface area contributed by atoms with E-state index in [1.54, 1.807) is 16.7 Å². The SMILES string of the molecule is CCCC(C)(N)C(=O)N1CCCN(CC(F)F)CC1.Cl. The van der Waals surface area contributed by atoms with Crippen molar-refractivity contribution < 1.29 is 13.6 Å². The summed E-state index contributed by atoms with van der Waals surface area (Å²) in [6, 6.07) is 0. The van der Waals surface area contributed by atoms with Gasteiger partial charge in [-0.15, -0.1) is 12.4 Å². The van der Waals surface area contributed by atoms with Gasteiger partial charge in [0.15, 0.2) is 0 Å². The van der Waals surface area contributed by atoms with Gasteiger partial charge in [-0.05, 0) is 19.8 Å². The van der Waals surface area contributed by atoms with Gasteiger partial charge in [0.2, 0.25) is 5.91 Å². The van der Waals surface area contributed by atoms with Gasteiger partial charge in [-0.3, -0.25) is 9.69 Å². The van der Waals surface area contributed by atoms with E-state index in [0.717, 1.165) is 12.8 Å². The van der Waals surface area contributed by atoms with Crippen LogP contribution < -0.4 is 5.73 Å². The smallest absolute Gasteiger partial charge is 0.251 e. The Bertz CT molecular complexity index is 303. The zero-order chi connectivity index (χ0) is 14.5. The van der Waals surface area contributed by atoms with Crippen molar-refractivity contribution >= 4 is 18.3 Å². The molecule has 1 amide bonds. The third kappa shape index (κ3) is 5.89. The molecule has 4 nitrogen and oxygen atoms in total. The standard InChI is InChI=1S/C13H25F2N3O.ClH/c1-3-5-13(2,16)12(19)18-7-4-6-17(8-9-18)10-11(14)15;/h11H,3-10,16H2,1-2H3;1H. The van der Waals surface area contributed by atoms with Crippen molar-refractivity contribution in [2.45, 2.75) is 45.1 Å². The normalized spacial score (nSPS) is 20.2. The molecule has 0 aliphatic carbocycles. The molecule has 0 saturated carbocycles. The number of rotatable bonds is 5. The maximum absolute atomic E-state index is 12.4. The molecule has 1 rings (SSSR count). The van der Waals surface area contributed by atoms with Crippen LogP contribution in [0.1, 0.15) is 33.1 Å². The van der Waals surface area contributed by atoms with Crippen LogP contribution in [0.4, 0.5) is 8.78 Å². The summed E-state index contributed by atoms with van der Waals surface area (Å²) in [5, 5.41) is 0. The third-order valence-corrected chi connectivity index (χ3v) is 3.53. The summed E-state index contributed by atoms with van der Waals surface area (Å²) in [6.07, 6.45) is -0.101. The van der Waals surface area contributed by atoms with E-state index in [0.29, 0.717) is 32.6 Å². The Hall–Kier alpha value is -0.460. The number of halogens is 3. The van der Waals surface area contributed by atoms with Crippen LogP contribution in [0, 0.1) is 0 Å². The second-order valence-electron chi connectivity index (χ2n) is 5.50. The van der Waals surface area contributed by atoms with Gasteiger partial charge in [-0.2, -0.15) is 0 Å². The fourth-order valence-electron chi connectivity index (χ4n) is 2.54. The van der Waals surface area contributed by atoms with Crippen LogP contribution in [0.5, 0.6) is 0 Å². The van der Waals surface area contributed by atoms with Gasteiger partial charge in [0, 0.05) is 26.2 Å². The molecule has 7 heteroatoms. The van der Waals surface area contributed by atoms with Gasteiger partial charge in [0.25, 0.3) is 6.43 Å². The van der Waals surface area contributed by atoms with Crippen LogP contribution in [-0.4, -0.2) is 60.4 Å². The van der Waals surface area contributed by atoms with Gasteiger partial charge >= 0.3 is 0 Å². The number of amides is 1. The number of alkyl halides is 2. The largest absolute Gasteiger partial charge is 0.340 e. The van der Waals surface area contributed by atoms with Crippen LogP contribution in [0.2, 0.25) is 0 Å². The second kappa shape index (κ2) is 8.74. The number of carbonyl (C=O) groups excluding carboxylic acids is 1. The minimum atomic E-state index is -2.32. The van der Waals surface area contributed by atoms with E-state index in [1.807, 2.05) is 6.92 Å². The van der Waals surface area contributed by atoms with Crippen molar-refractivity contribution in [2.24, 2.45) is 5.73 Å². The van der Waals surface area contributed by atoms with E-state index < -0.39 is 12.0 Å². The number of nitrogens with two attached hydrogens (primary N) is 1. The minimum Gasteiger partial charge on any atom is -0.340 e. The lowest BCUT2D eigenvalue weighted by Gasteiger charge is -2.31. The Morgan fingerprint density at radius 2 is 1.95 bits per heavy atom. The highest BCUT2D eigenvalue weighted by molar-refractivity contribution is 5.86. The fraction of sp³-hybridized carbons (Fsp3) is 0.923. The van der Waals surface area contributed by atoms with Gasteiger partial charge in [0.05, 0.1) is 12.1 Å². The van der Waals surface area contributed by atoms with Gasteiger partial charge in [0.1, 0.15) is 0 Å². The molecule has 1 heterocycles. The number of hydrogen-bond donors (Lipinski definition) is 1. The zero-order valence-corrected chi connectivity index (χ0v) is 13.1. The first-order valence-corrected chi connectivity index (χ1v) is 6.95. The summed E-state index contributed by atoms with van der Waals surface area (Å²) < 4.78 is 24.7. The van der Waals surface area contributed by atoms with Crippen molar-refractivity contribution in [3.05, 3.63) is 0 Å². The monoisotopic (exact) mass is 313 g/mol. The number of carbonyl (C=O) groups is 1. The summed E-state index contributed by atoms with van der Waals surface area (Å²) in [5.74, 6) is -0.0618. The molecule has 0 spiro atoms. The quantitative estimate of drug-likeness (QED) is 0.841. The first-order valence-electron chi connectivity index (χ1n) is 6.95. The van der Waals surface area contributed by atoms with Gasteiger partial charge < -0.3 is 10.6 Å². The third-order valence-electron chi connectivity index (χ3n) is 3.53. The van der Waals surface area contributed by atoms with E-state index in [2.05, 4.69) is 0 Å². The minimum absolute atomic E-state index is 0. The lowest BCUT2D eigenvalue weighted by molar-refractivity contribution is -0.136. The molecule has 0 bridgehead atoms. The lowest BCUT2D eigenvalue weighted by atomic mass is 9.95. The molecule has 1 aliphatic rings. The van der Waals surface area contributed by atoms with Gasteiger partial charge in [-0.25, -0.2) is 8.78 Å². The number of hydrogen-bond acceptors (Lipinski definition) is 3. The lowest BCUT2D eigenvalue weighted by Crippen LogP contribution is -2.54. The highest BCUT2D eigenvalue weighted by Crippen LogP contribution is 2.15. The summed E-state index contributed by atoms with van der Waals surface area (Å²) in [7, 11) is 0. The van der Waals surface area contributed by atoms with E-state index in [4.69, 9.17) is 5.73 Å². The first-order chi connectivity index (χ1) is 8.86.